The topological polar surface area (TPSA) is 30.5 Å². The molecule has 104 valence electrons. The molecule has 2 atom stereocenters. The van der Waals surface area contributed by atoms with Crippen LogP contribution >= 0.6 is 11.8 Å². The Hall–Kier alpha value is -0.870. The molecule has 0 bridgehead atoms. The van der Waals surface area contributed by atoms with E-state index in [9.17, 15) is 0 Å². The summed E-state index contributed by atoms with van der Waals surface area (Å²) in [4.78, 5) is 0. The van der Waals surface area contributed by atoms with Gasteiger partial charge in [-0.1, -0.05) is 12.1 Å². The lowest BCUT2D eigenvalue weighted by atomic mass is 10.0. The predicted molar refractivity (Wildman–Crippen MR) is 79.5 cm³/mol. The molecule has 0 spiro atoms. The maximum atomic E-state index is 5.91. The Morgan fingerprint density at radius 1 is 1.37 bits per heavy atom. The largest absolute Gasteiger partial charge is 0.493 e. The summed E-state index contributed by atoms with van der Waals surface area (Å²) >= 11 is 2.06. The highest BCUT2D eigenvalue weighted by Crippen LogP contribution is 2.34. The summed E-state index contributed by atoms with van der Waals surface area (Å²) in [5, 5.41) is 3.75. The minimum absolute atomic E-state index is 0.434. The number of hydrogen-bond acceptors (Lipinski definition) is 4. The Kier molecular flexibility index (Phi) is 4.18. The Bertz CT molecular complexity index is 432. The molecule has 1 aromatic rings. The number of nitrogens with one attached hydrogen (secondary N) is 1. The van der Waals surface area contributed by atoms with Crippen LogP contribution in [0, 0.1) is 0 Å². The zero-order chi connectivity index (χ0) is 13.1. The molecule has 1 aromatic carbocycles. The molecule has 0 amide bonds. The molecule has 2 aliphatic heterocycles. The standard InChI is InChI=1S/C15H21NO2S/c1-17-14-6-2-4-11-8-13(9-18-15(11)14)16-12-5-3-7-19-10-12/h2,4,6,12-13,16H,3,5,7-10H2,1H3/t12-,13-/m0/s1. The van der Waals surface area contributed by atoms with Gasteiger partial charge in [-0.2, -0.15) is 11.8 Å². The average molecular weight is 279 g/mol. The van der Waals surface area contributed by atoms with E-state index in [1.807, 2.05) is 12.1 Å². The third-order valence-corrected chi connectivity index (χ3v) is 5.02. The van der Waals surface area contributed by atoms with Crippen molar-refractivity contribution in [1.29, 1.82) is 0 Å². The fraction of sp³-hybridized carbons (Fsp3) is 0.600. The second-order valence-electron chi connectivity index (χ2n) is 5.24. The highest BCUT2D eigenvalue weighted by molar-refractivity contribution is 7.99. The van der Waals surface area contributed by atoms with Gasteiger partial charge in [0.1, 0.15) is 6.61 Å². The fourth-order valence-corrected chi connectivity index (χ4v) is 3.95. The van der Waals surface area contributed by atoms with Crippen molar-refractivity contribution in [3.63, 3.8) is 0 Å². The molecule has 1 fully saturated rings. The number of rotatable bonds is 3. The Balaban J connectivity index is 1.65. The van der Waals surface area contributed by atoms with Crippen molar-refractivity contribution in [1.82, 2.24) is 5.32 Å². The monoisotopic (exact) mass is 279 g/mol. The summed E-state index contributed by atoms with van der Waals surface area (Å²) < 4.78 is 11.3. The first-order chi connectivity index (χ1) is 9.36. The highest BCUT2D eigenvalue weighted by atomic mass is 32.2. The molecule has 1 N–H and O–H groups in total. The third kappa shape index (κ3) is 3.00. The van der Waals surface area contributed by atoms with Crippen molar-refractivity contribution in [3.05, 3.63) is 23.8 Å². The summed E-state index contributed by atoms with van der Waals surface area (Å²) in [7, 11) is 1.70. The lowest BCUT2D eigenvalue weighted by Crippen LogP contribution is -2.46. The van der Waals surface area contributed by atoms with Crippen LogP contribution in [-0.2, 0) is 6.42 Å². The minimum Gasteiger partial charge on any atom is -0.493 e. The molecule has 2 aliphatic rings. The van der Waals surface area contributed by atoms with E-state index in [1.165, 1.54) is 29.9 Å². The summed E-state index contributed by atoms with van der Waals surface area (Å²) in [6, 6.07) is 7.23. The van der Waals surface area contributed by atoms with Gasteiger partial charge in [-0.05, 0) is 36.6 Å². The average Bonchev–Trinajstić information content (AvgIpc) is 2.47. The Morgan fingerprint density at radius 2 is 2.32 bits per heavy atom. The van der Waals surface area contributed by atoms with E-state index in [2.05, 4.69) is 23.1 Å². The van der Waals surface area contributed by atoms with Crippen LogP contribution in [0.4, 0.5) is 0 Å². The first kappa shape index (κ1) is 13.1. The molecule has 0 saturated carbocycles. The minimum atomic E-state index is 0.434. The number of thioether (sulfide) groups is 1. The molecule has 2 heterocycles. The lowest BCUT2D eigenvalue weighted by molar-refractivity contribution is 0.217. The number of para-hydroxylation sites is 1. The van der Waals surface area contributed by atoms with Gasteiger partial charge in [0.15, 0.2) is 11.5 Å². The van der Waals surface area contributed by atoms with Crippen molar-refractivity contribution in [2.45, 2.75) is 31.3 Å². The summed E-state index contributed by atoms with van der Waals surface area (Å²) in [5.74, 6) is 4.34. The van der Waals surface area contributed by atoms with Crippen LogP contribution in [0.25, 0.3) is 0 Å². The molecule has 0 aliphatic carbocycles. The smallest absolute Gasteiger partial charge is 0.164 e. The predicted octanol–water partition coefficient (Wildman–Crippen LogP) is 2.48. The SMILES string of the molecule is COc1cccc2c1OC[C@@H](N[C@H]1CCCSC1)C2. The molecule has 3 nitrogen and oxygen atoms in total. The van der Waals surface area contributed by atoms with Gasteiger partial charge >= 0.3 is 0 Å². The van der Waals surface area contributed by atoms with Crippen LogP contribution in [0.2, 0.25) is 0 Å². The number of hydrogen-bond donors (Lipinski definition) is 1. The van der Waals surface area contributed by atoms with Crippen molar-refractivity contribution < 1.29 is 9.47 Å². The lowest BCUT2D eigenvalue weighted by Gasteiger charge is -2.32. The van der Waals surface area contributed by atoms with Crippen molar-refractivity contribution in [3.8, 4) is 11.5 Å². The van der Waals surface area contributed by atoms with Crippen LogP contribution in [0.1, 0.15) is 18.4 Å². The molecule has 1 saturated heterocycles. The van der Waals surface area contributed by atoms with Crippen molar-refractivity contribution in [2.24, 2.45) is 0 Å². The van der Waals surface area contributed by atoms with Gasteiger partial charge in [0.2, 0.25) is 0 Å². The third-order valence-electron chi connectivity index (χ3n) is 3.81. The number of methoxy groups -OCH3 is 1. The number of fused-ring (bicyclic) bond motifs is 1. The molecule has 19 heavy (non-hydrogen) atoms. The Labute approximate surface area is 119 Å². The van der Waals surface area contributed by atoms with Gasteiger partial charge in [0.05, 0.1) is 7.11 Å². The van der Waals surface area contributed by atoms with Crippen LogP contribution in [0.5, 0.6) is 11.5 Å². The highest BCUT2D eigenvalue weighted by Gasteiger charge is 2.25. The maximum absolute atomic E-state index is 5.91. The Morgan fingerprint density at radius 3 is 3.11 bits per heavy atom. The second-order valence-corrected chi connectivity index (χ2v) is 6.39. The molecule has 0 radical (unpaired) electrons. The van der Waals surface area contributed by atoms with E-state index in [0.29, 0.717) is 12.1 Å². The summed E-state index contributed by atoms with van der Waals surface area (Å²) in [5.41, 5.74) is 1.26. The second kappa shape index (κ2) is 6.06. The van der Waals surface area contributed by atoms with Crippen molar-refractivity contribution in [2.75, 3.05) is 25.2 Å². The van der Waals surface area contributed by atoms with Gasteiger partial charge in [0.25, 0.3) is 0 Å². The number of benzene rings is 1. The van der Waals surface area contributed by atoms with E-state index in [1.54, 1.807) is 7.11 Å². The van der Waals surface area contributed by atoms with Crippen LogP contribution in [-0.4, -0.2) is 37.3 Å². The maximum Gasteiger partial charge on any atom is 0.164 e. The van der Waals surface area contributed by atoms with Crippen LogP contribution in [0.15, 0.2) is 18.2 Å². The molecule has 3 rings (SSSR count). The fourth-order valence-electron chi connectivity index (χ4n) is 2.87. The molecular formula is C15H21NO2S. The number of ether oxygens (including phenoxy) is 2. The van der Waals surface area contributed by atoms with Crippen LogP contribution in [0.3, 0.4) is 0 Å². The van der Waals surface area contributed by atoms with Gasteiger partial charge in [-0.25, -0.2) is 0 Å². The van der Waals surface area contributed by atoms with Gasteiger partial charge in [-0.15, -0.1) is 0 Å². The summed E-state index contributed by atoms with van der Waals surface area (Å²) in [6.45, 7) is 0.745. The molecule has 0 unspecified atom stereocenters. The van der Waals surface area contributed by atoms with Gasteiger partial charge in [-0.3, -0.25) is 0 Å². The molecule has 4 heteroatoms. The van der Waals surface area contributed by atoms with E-state index < -0.39 is 0 Å². The van der Waals surface area contributed by atoms with Crippen molar-refractivity contribution >= 4 is 11.8 Å². The van der Waals surface area contributed by atoms with E-state index in [0.717, 1.165) is 24.5 Å². The normalized spacial score (nSPS) is 26.4. The van der Waals surface area contributed by atoms with E-state index in [-0.39, 0.29) is 0 Å². The van der Waals surface area contributed by atoms with E-state index in [4.69, 9.17) is 9.47 Å². The molecule has 0 aromatic heterocycles. The first-order valence-electron chi connectivity index (χ1n) is 6.99. The molecular weight excluding hydrogens is 258 g/mol. The van der Waals surface area contributed by atoms with Gasteiger partial charge in [0, 0.05) is 17.8 Å². The zero-order valence-electron chi connectivity index (χ0n) is 11.4. The summed E-state index contributed by atoms with van der Waals surface area (Å²) in [6.07, 6.45) is 3.67. The van der Waals surface area contributed by atoms with E-state index >= 15 is 0 Å². The van der Waals surface area contributed by atoms with Gasteiger partial charge < -0.3 is 14.8 Å². The zero-order valence-corrected chi connectivity index (χ0v) is 12.2. The quantitative estimate of drug-likeness (QED) is 0.921. The van der Waals surface area contributed by atoms with Crippen LogP contribution < -0.4 is 14.8 Å². The first-order valence-corrected chi connectivity index (χ1v) is 8.15.